The molecule has 1 saturated carbocycles. The van der Waals surface area contributed by atoms with Crippen LogP contribution in [0.1, 0.15) is 37.7 Å². The molecule has 1 N–H and O–H groups in total. The first kappa shape index (κ1) is 20.3. The summed E-state index contributed by atoms with van der Waals surface area (Å²) in [5.41, 5.74) is 0.669. The number of ether oxygens (including phenoxy) is 2. The van der Waals surface area contributed by atoms with E-state index >= 15 is 0 Å². The van der Waals surface area contributed by atoms with Crippen molar-refractivity contribution in [3.8, 4) is 11.5 Å². The Hall–Kier alpha value is -2.48. The fourth-order valence-electron chi connectivity index (χ4n) is 3.47. The lowest BCUT2D eigenvalue weighted by molar-refractivity contribution is -0.139. The summed E-state index contributed by atoms with van der Waals surface area (Å²) in [5.74, 6) is -0.292. The van der Waals surface area contributed by atoms with E-state index in [0.717, 1.165) is 37.4 Å². The third-order valence-electron chi connectivity index (χ3n) is 4.88. The minimum absolute atomic E-state index is 0.227. The van der Waals surface area contributed by atoms with Gasteiger partial charge in [-0.15, -0.1) is 0 Å². The molecule has 3 rings (SSSR count). The van der Waals surface area contributed by atoms with Crippen LogP contribution < -0.4 is 9.47 Å². The van der Waals surface area contributed by atoms with E-state index in [1.54, 1.807) is 24.3 Å². The lowest BCUT2D eigenvalue weighted by Crippen LogP contribution is -2.34. The number of carboxylic acid groups (broad SMARTS) is 1. The summed E-state index contributed by atoms with van der Waals surface area (Å²) in [4.78, 5) is 37.4. The maximum Gasteiger partial charge on any atom is 0.341 e. The fraction of sp³-hybridized carbons (Fsp3) is 0.450. The zero-order chi connectivity index (χ0) is 20.1. The van der Waals surface area contributed by atoms with Crippen LogP contribution in [0.4, 0.5) is 4.79 Å². The topological polar surface area (TPSA) is 93.1 Å². The van der Waals surface area contributed by atoms with Crippen LogP contribution in [0.5, 0.6) is 11.5 Å². The highest BCUT2D eigenvalue weighted by molar-refractivity contribution is 8.18. The summed E-state index contributed by atoms with van der Waals surface area (Å²) in [6, 6.07) is 4.92. The maximum atomic E-state index is 12.7. The summed E-state index contributed by atoms with van der Waals surface area (Å²) in [6.45, 7) is 0.0169. The van der Waals surface area contributed by atoms with Gasteiger partial charge in [-0.2, -0.15) is 0 Å². The second kappa shape index (κ2) is 9.14. The third-order valence-corrected chi connectivity index (χ3v) is 5.78. The van der Waals surface area contributed by atoms with Crippen LogP contribution in [-0.2, 0) is 9.59 Å². The standard InChI is InChI=1S/C20H23NO6S/c1-26-16-9-14(7-8-15(16)27-12-18(22)23)10-17-19(24)21(20(25)28-17)11-13-5-3-2-4-6-13/h7-10,13H,2-6,11-12H2,1H3,(H,22,23)/b17-10+. The Balaban J connectivity index is 1.72. The number of nitrogens with zero attached hydrogens (tertiary/aromatic N) is 1. The highest BCUT2D eigenvalue weighted by Gasteiger charge is 2.36. The SMILES string of the molecule is COc1cc(/C=C2/SC(=O)N(CC3CCCCC3)C2=O)ccc1OCC(=O)O. The summed E-state index contributed by atoms with van der Waals surface area (Å²) >= 11 is 0.946. The monoisotopic (exact) mass is 405 g/mol. The van der Waals surface area contributed by atoms with Gasteiger partial charge < -0.3 is 14.6 Å². The van der Waals surface area contributed by atoms with Crippen molar-refractivity contribution in [2.45, 2.75) is 32.1 Å². The summed E-state index contributed by atoms with van der Waals surface area (Å²) in [7, 11) is 1.45. The van der Waals surface area contributed by atoms with Crippen LogP contribution >= 0.6 is 11.8 Å². The molecule has 0 atom stereocenters. The van der Waals surface area contributed by atoms with Gasteiger partial charge >= 0.3 is 5.97 Å². The van der Waals surface area contributed by atoms with E-state index in [2.05, 4.69) is 0 Å². The predicted molar refractivity (Wildman–Crippen MR) is 105 cm³/mol. The van der Waals surface area contributed by atoms with Gasteiger partial charge in [-0.1, -0.05) is 25.3 Å². The van der Waals surface area contributed by atoms with E-state index in [4.69, 9.17) is 14.6 Å². The maximum absolute atomic E-state index is 12.7. The van der Waals surface area contributed by atoms with Crippen LogP contribution in [0.3, 0.4) is 0 Å². The molecule has 1 aromatic carbocycles. The number of carbonyl (C=O) groups excluding carboxylic acids is 2. The second-order valence-electron chi connectivity index (χ2n) is 6.89. The van der Waals surface area contributed by atoms with Gasteiger partial charge in [-0.25, -0.2) is 4.79 Å². The molecule has 2 amide bonds. The first-order chi connectivity index (χ1) is 13.5. The summed E-state index contributed by atoms with van der Waals surface area (Å²) < 4.78 is 10.4. The molecule has 1 saturated heterocycles. The highest BCUT2D eigenvalue weighted by Crippen LogP contribution is 2.36. The summed E-state index contributed by atoms with van der Waals surface area (Å²) in [6.07, 6.45) is 7.33. The van der Waals surface area contributed by atoms with Crippen molar-refractivity contribution in [2.24, 2.45) is 5.92 Å². The number of methoxy groups -OCH3 is 1. The van der Waals surface area contributed by atoms with Crippen LogP contribution in [-0.4, -0.2) is 47.4 Å². The van der Waals surface area contributed by atoms with Gasteiger partial charge in [0.05, 0.1) is 12.0 Å². The molecule has 0 unspecified atom stereocenters. The molecular weight excluding hydrogens is 382 g/mol. The second-order valence-corrected chi connectivity index (χ2v) is 7.88. The molecule has 2 fully saturated rings. The lowest BCUT2D eigenvalue weighted by Gasteiger charge is -2.25. The van der Waals surface area contributed by atoms with Crippen molar-refractivity contribution in [3.63, 3.8) is 0 Å². The highest BCUT2D eigenvalue weighted by atomic mass is 32.2. The van der Waals surface area contributed by atoms with Gasteiger partial charge in [-0.05, 0) is 54.3 Å². The zero-order valence-corrected chi connectivity index (χ0v) is 16.5. The van der Waals surface area contributed by atoms with E-state index in [-0.39, 0.29) is 11.1 Å². The quantitative estimate of drug-likeness (QED) is 0.690. The molecule has 1 aliphatic carbocycles. The zero-order valence-electron chi connectivity index (χ0n) is 15.7. The number of thioether (sulfide) groups is 1. The number of amides is 2. The largest absolute Gasteiger partial charge is 0.493 e. The van der Waals surface area contributed by atoms with Crippen molar-refractivity contribution in [1.29, 1.82) is 0 Å². The molecule has 28 heavy (non-hydrogen) atoms. The van der Waals surface area contributed by atoms with Crippen molar-refractivity contribution in [2.75, 3.05) is 20.3 Å². The van der Waals surface area contributed by atoms with Crippen LogP contribution in [0.25, 0.3) is 6.08 Å². The summed E-state index contributed by atoms with van der Waals surface area (Å²) in [5, 5.41) is 8.50. The molecule has 150 valence electrons. The van der Waals surface area contributed by atoms with Crippen molar-refractivity contribution < 1.29 is 29.0 Å². The Kier molecular flexibility index (Phi) is 6.61. The number of benzene rings is 1. The molecule has 7 nitrogen and oxygen atoms in total. The minimum atomic E-state index is -1.09. The minimum Gasteiger partial charge on any atom is -0.493 e. The smallest absolute Gasteiger partial charge is 0.341 e. The fourth-order valence-corrected chi connectivity index (χ4v) is 4.32. The number of aliphatic carboxylic acids is 1. The number of rotatable bonds is 7. The molecule has 1 aromatic rings. The van der Waals surface area contributed by atoms with Gasteiger partial charge in [0.15, 0.2) is 18.1 Å². The van der Waals surface area contributed by atoms with E-state index < -0.39 is 12.6 Å². The van der Waals surface area contributed by atoms with Crippen molar-refractivity contribution in [3.05, 3.63) is 28.7 Å². The normalized spacial score (nSPS) is 19.3. The van der Waals surface area contributed by atoms with Gasteiger partial charge in [-0.3, -0.25) is 14.5 Å². The van der Waals surface area contributed by atoms with E-state index in [1.165, 1.54) is 18.4 Å². The van der Waals surface area contributed by atoms with Gasteiger partial charge in [0, 0.05) is 6.54 Å². The third kappa shape index (κ3) is 4.86. The Morgan fingerprint density at radius 1 is 1.25 bits per heavy atom. The molecule has 1 aliphatic heterocycles. The van der Waals surface area contributed by atoms with Crippen molar-refractivity contribution >= 4 is 35.0 Å². The van der Waals surface area contributed by atoms with E-state index in [9.17, 15) is 14.4 Å². The average Bonchev–Trinajstić information content (AvgIpc) is 2.95. The van der Waals surface area contributed by atoms with E-state index in [0.29, 0.717) is 34.4 Å². The number of hydrogen-bond donors (Lipinski definition) is 1. The molecule has 0 bridgehead atoms. The predicted octanol–water partition coefficient (Wildman–Crippen LogP) is 3.78. The van der Waals surface area contributed by atoms with Crippen LogP contribution in [0, 0.1) is 5.92 Å². The first-order valence-electron chi connectivity index (χ1n) is 9.26. The molecule has 0 radical (unpaired) electrons. The first-order valence-corrected chi connectivity index (χ1v) is 10.1. The van der Waals surface area contributed by atoms with E-state index in [1.807, 2.05) is 0 Å². The number of carbonyl (C=O) groups is 3. The molecule has 8 heteroatoms. The molecule has 2 aliphatic rings. The van der Waals surface area contributed by atoms with Crippen molar-refractivity contribution in [1.82, 2.24) is 4.90 Å². The van der Waals surface area contributed by atoms with Crippen LogP contribution in [0.15, 0.2) is 23.1 Å². The lowest BCUT2D eigenvalue weighted by atomic mass is 9.89. The molecule has 0 spiro atoms. The van der Waals surface area contributed by atoms with Crippen LogP contribution in [0.2, 0.25) is 0 Å². The number of hydrogen-bond acceptors (Lipinski definition) is 6. The molecule has 0 aromatic heterocycles. The Labute approximate surface area is 167 Å². The average molecular weight is 405 g/mol. The van der Waals surface area contributed by atoms with Gasteiger partial charge in [0.25, 0.3) is 11.1 Å². The Morgan fingerprint density at radius 2 is 2.00 bits per heavy atom. The molecule has 1 heterocycles. The van der Waals surface area contributed by atoms with Gasteiger partial charge in [0.2, 0.25) is 0 Å². The molecular formula is C20H23NO6S. The Bertz CT molecular complexity index is 800. The Morgan fingerprint density at radius 3 is 2.68 bits per heavy atom. The van der Waals surface area contributed by atoms with Gasteiger partial charge in [0.1, 0.15) is 0 Å². The number of carboxylic acids is 1. The number of imide groups is 1.